The number of fused-ring (bicyclic) bond motifs is 1. The standard InChI is InChI=1S/C15H27NO2/c17-11-15(7-3-9-18-12-15)10-16-8-2-5-13-4-1-6-14(13)16/h13-14,17H,1-12H2. The highest BCUT2D eigenvalue weighted by Crippen LogP contribution is 2.39. The Hall–Kier alpha value is -0.120. The van der Waals surface area contributed by atoms with Crippen molar-refractivity contribution in [1.29, 1.82) is 0 Å². The fourth-order valence-electron chi connectivity index (χ4n) is 4.39. The van der Waals surface area contributed by atoms with Crippen LogP contribution in [0.25, 0.3) is 0 Å². The lowest BCUT2D eigenvalue weighted by Crippen LogP contribution is -2.51. The predicted molar refractivity (Wildman–Crippen MR) is 71.5 cm³/mol. The smallest absolute Gasteiger partial charge is 0.0556 e. The number of hydrogen-bond acceptors (Lipinski definition) is 3. The second-order valence-electron chi connectivity index (χ2n) is 6.69. The minimum Gasteiger partial charge on any atom is -0.396 e. The van der Waals surface area contributed by atoms with Crippen LogP contribution in [0.1, 0.15) is 44.9 Å². The van der Waals surface area contributed by atoms with Gasteiger partial charge in [-0.3, -0.25) is 4.90 Å². The highest BCUT2D eigenvalue weighted by atomic mass is 16.5. The maximum absolute atomic E-state index is 9.81. The van der Waals surface area contributed by atoms with E-state index in [2.05, 4.69) is 4.90 Å². The summed E-state index contributed by atoms with van der Waals surface area (Å²) in [5.41, 5.74) is 0.0305. The van der Waals surface area contributed by atoms with Crippen molar-refractivity contribution in [1.82, 2.24) is 4.90 Å². The van der Waals surface area contributed by atoms with E-state index in [0.29, 0.717) is 6.61 Å². The number of likely N-dealkylation sites (tertiary alicyclic amines) is 1. The summed E-state index contributed by atoms with van der Waals surface area (Å²) in [6.45, 7) is 4.24. The van der Waals surface area contributed by atoms with Crippen LogP contribution < -0.4 is 0 Å². The highest BCUT2D eigenvalue weighted by molar-refractivity contribution is 4.93. The quantitative estimate of drug-likeness (QED) is 0.835. The van der Waals surface area contributed by atoms with Gasteiger partial charge in [0.25, 0.3) is 0 Å². The summed E-state index contributed by atoms with van der Waals surface area (Å²) < 4.78 is 5.64. The Morgan fingerprint density at radius 3 is 2.83 bits per heavy atom. The van der Waals surface area contributed by atoms with Gasteiger partial charge in [0, 0.05) is 24.6 Å². The molecule has 2 aliphatic heterocycles. The summed E-state index contributed by atoms with van der Waals surface area (Å²) in [5, 5.41) is 9.81. The van der Waals surface area contributed by atoms with E-state index in [1.807, 2.05) is 0 Å². The summed E-state index contributed by atoms with van der Waals surface area (Å²) in [7, 11) is 0. The first kappa shape index (κ1) is 12.9. The average molecular weight is 253 g/mol. The summed E-state index contributed by atoms with van der Waals surface area (Å²) in [6.07, 6.45) is 9.26. The molecular weight excluding hydrogens is 226 g/mol. The Bertz CT molecular complexity index is 276. The molecule has 2 heterocycles. The first-order valence-electron chi connectivity index (χ1n) is 7.76. The van der Waals surface area contributed by atoms with E-state index in [-0.39, 0.29) is 5.41 Å². The molecule has 1 aliphatic carbocycles. The zero-order valence-electron chi connectivity index (χ0n) is 11.4. The molecule has 3 rings (SSSR count). The number of aliphatic hydroxyl groups is 1. The molecule has 0 spiro atoms. The average Bonchev–Trinajstić information content (AvgIpc) is 2.89. The largest absolute Gasteiger partial charge is 0.396 e. The monoisotopic (exact) mass is 253 g/mol. The Balaban J connectivity index is 1.66. The molecule has 0 amide bonds. The minimum atomic E-state index is 0.0305. The summed E-state index contributed by atoms with van der Waals surface area (Å²) in [6, 6.07) is 0.809. The van der Waals surface area contributed by atoms with E-state index >= 15 is 0 Å². The molecule has 0 aromatic rings. The third-order valence-electron chi connectivity index (χ3n) is 5.39. The molecule has 0 radical (unpaired) electrons. The second kappa shape index (κ2) is 5.48. The van der Waals surface area contributed by atoms with E-state index in [1.165, 1.54) is 38.6 Å². The number of aliphatic hydroxyl groups excluding tert-OH is 1. The van der Waals surface area contributed by atoms with E-state index in [4.69, 9.17) is 4.74 Å². The van der Waals surface area contributed by atoms with Gasteiger partial charge in [0.05, 0.1) is 13.2 Å². The summed E-state index contributed by atoms with van der Waals surface area (Å²) in [4.78, 5) is 2.69. The van der Waals surface area contributed by atoms with Crippen LogP contribution in [0.15, 0.2) is 0 Å². The maximum Gasteiger partial charge on any atom is 0.0556 e. The number of rotatable bonds is 3. The molecular formula is C15H27NO2. The first-order chi connectivity index (χ1) is 8.83. The molecule has 18 heavy (non-hydrogen) atoms. The van der Waals surface area contributed by atoms with Crippen molar-refractivity contribution in [2.45, 2.75) is 51.0 Å². The van der Waals surface area contributed by atoms with Crippen LogP contribution >= 0.6 is 0 Å². The molecule has 3 unspecified atom stereocenters. The molecule has 1 saturated carbocycles. The van der Waals surface area contributed by atoms with Crippen molar-refractivity contribution < 1.29 is 9.84 Å². The third kappa shape index (κ3) is 2.45. The second-order valence-corrected chi connectivity index (χ2v) is 6.69. The zero-order valence-corrected chi connectivity index (χ0v) is 11.4. The highest BCUT2D eigenvalue weighted by Gasteiger charge is 2.40. The van der Waals surface area contributed by atoms with E-state index < -0.39 is 0 Å². The van der Waals surface area contributed by atoms with Gasteiger partial charge in [-0.2, -0.15) is 0 Å². The zero-order chi connectivity index (χ0) is 12.4. The van der Waals surface area contributed by atoms with Crippen molar-refractivity contribution in [3.05, 3.63) is 0 Å². The predicted octanol–water partition coefficient (Wildman–Crippen LogP) is 2.04. The number of piperidine rings is 1. The fourth-order valence-corrected chi connectivity index (χ4v) is 4.39. The van der Waals surface area contributed by atoms with Crippen LogP contribution in [0, 0.1) is 11.3 Å². The van der Waals surface area contributed by atoms with Gasteiger partial charge in [-0.15, -0.1) is 0 Å². The lowest BCUT2D eigenvalue weighted by molar-refractivity contribution is -0.0676. The van der Waals surface area contributed by atoms with E-state index in [9.17, 15) is 5.11 Å². The molecule has 1 N–H and O–H groups in total. The Kier molecular flexibility index (Phi) is 3.92. The Labute approximate surface area is 110 Å². The summed E-state index contributed by atoms with van der Waals surface area (Å²) >= 11 is 0. The number of nitrogens with zero attached hydrogens (tertiary/aromatic N) is 1. The molecule has 0 aromatic carbocycles. The molecule has 0 aromatic heterocycles. The van der Waals surface area contributed by atoms with Gasteiger partial charge in [-0.25, -0.2) is 0 Å². The van der Waals surface area contributed by atoms with Gasteiger partial charge in [-0.05, 0) is 51.0 Å². The fraction of sp³-hybridized carbons (Fsp3) is 1.00. The minimum absolute atomic E-state index is 0.0305. The van der Waals surface area contributed by atoms with Crippen LogP contribution in [-0.2, 0) is 4.74 Å². The van der Waals surface area contributed by atoms with Gasteiger partial charge < -0.3 is 9.84 Å². The molecule has 2 saturated heterocycles. The first-order valence-corrected chi connectivity index (χ1v) is 7.76. The van der Waals surface area contributed by atoms with Crippen molar-refractivity contribution in [3.8, 4) is 0 Å². The van der Waals surface area contributed by atoms with Crippen molar-refractivity contribution in [3.63, 3.8) is 0 Å². The van der Waals surface area contributed by atoms with Crippen molar-refractivity contribution >= 4 is 0 Å². The van der Waals surface area contributed by atoms with Crippen LogP contribution in [-0.4, -0.2) is 49.0 Å². The lowest BCUT2D eigenvalue weighted by atomic mass is 9.81. The van der Waals surface area contributed by atoms with Crippen LogP contribution in [0.3, 0.4) is 0 Å². The molecule has 3 aliphatic rings. The maximum atomic E-state index is 9.81. The molecule has 104 valence electrons. The van der Waals surface area contributed by atoms with Crippen LogP contribution in [0.2, 0.25) is 0 Å². The van der Waals surface area contributed by atoms with Crippen LogP contribution in [0.4, 0.5) is 0 Å². The topological polar surface area (TPSA) is 32.7 Å². The van der Waals surface area contributed by atoms with Gasteiger partial charge in [0.15, 0.2) is 0 Å². The normalized spacial score (nSPS) is 41.8. The van der Waals surface area contributed by atoms with Crippen molar-refractivity contribution in [2.24, 2.45) is 11.3 Å². The van der Waals surface area contributed by atoms with Gasteiger partial charge in [0.1, 0.15) is 0 Å². The van der Waals surface area contributed by atoms with E-state index in [1.54, 1.807) is 0 Å². The number of hydrogen-bond donors (Lipinski definition) is 1. The Morgan fingerprint density at radius 1 is 1.17 bits per heavy atom. The van der Waals surface area contributed by atoms with Gasteiger partial charge in [0.2, 0.25) is 0 Å². The Morgan fingerprint density at radius 2 is 2.06 bits per heavy atom. The summed E-state index contributed by atoms with van der Waals surface area (Å²) in [5.74, 6) is 0.944. The van der Waals surface area contributed by atoms with Crippen LogP contribution in [0.5, 0.6) is 0 Å². The van der Waals surface area contributed by atoms with Crippen molar-refractivity contribution in [2.75, 3.05) is 32.9 Å². The van der Waals surface area contributed by atoms with Gasteiger partial charge >= 0.3 is 0 Å². The van der Waals surface area contributed by atoms with Gasteiger partial charge in [-0.1, -0.05) is 6.42 Å². The lowest BCUT2D eigenvalue weighted by Gasteiger charge is -2.45. The SMILES string of the molecule is OCC1(CN2CCCC3CCCC32)CCCOC1. The number of ether oxygens (including phenoxy) is 1. The van der Waals surface area contributed by atoms with E-state index in [0.717, 1.165) is 44.6 Å². The third-order valence-corrected chi connectivity index (χ3v) is 5.39. The molecule has 3 atom stereocenters. The molecule has 0 bridgehead atoms. The molecule has 3 heteroatoms. The molecule has 3 fully saturated rings. The molecule has 3 nitrogen and oxygen atoms in total.